The van der Waals surface area contributed by atoms with Gasteiger partial charge >= 0.3 is 57.0 Å². The van der Waals surface area contributed by atoms with Gasteiger partial charge in [0, 0.05) is 0 Å². The maximum atomic E-state index is 9.32. The molecule has 0 heterocycles. The van der Waals surface area contributed by atoms with E-state index in [1.807, 2.05) is 0 Å². The van der Waals surface area contributed by atoms with Crippen molar-refractivity contribution < 1.29 is 33.0 Å². The summed E-state index contributed by atoms with van der Waals surface area (Å²) in [5.41, 5.74) is 0. The Balaban J connectivity index is -0.000000200. The molecule has 0 radical (unpaired) electrons. The SMILES string of the molecule is C[CH2][Al+2].C[CH2][Al+2].O=P([O-])([O-])OP(=O)([O-])[O-]. The van der Waals surface area contributed by atoms with Gasteiger partial charge in [-0.15, -0.1) is 0 Å². The van der Waals surface area contributed by atoms with Gasteiger partial charge in [-0.05, 0) is 0 Å². The summed E-state index contributed by atoms with van der Waals surface area (Å²) in [5.74, 6) is 0. The minimum Gasteiger partial charge on any atom is -0.790 e. The molecule has 0 rings (SSSR count). The third-order valence-corrected chi connectivity index (χ3v) is 1.80. The summed E-state index contributed by atoms with van der Waals surface area (Å²) >= 11 is 5.16. The van der Waals surface area contributed by atoms with Gasteiger partial charge in [0.2, 0.25) is 0 Å². The molecule has 0 aliphatic rings. The Morgan fingerprint density at radius 3 is 1.07 bits per heavy atom. The van der Waals surface area contributed by atoms with E-state index in [2.05, 4.69) is 50.7 Å². The molecule has 84 valence electrons. The molecule has 0 unspecified atom stereocenters. The molecule has 0 aromatic carbocycles. The third kappa shape index (κ3) is 50.7. The monoisotopic (exact) mass is 286 g/mol. The summed E-state index contributed by atoms with van der Waals surface area (Å²) in [7, 11) is -11.4. The number of phosphoric acid groups is 2. The van der Waals surface area contributed by atoms with Crippen LogP contribution in [0.15, 0.2) is 0 Å². The predicted octanol–water partition coefficient (Wildman–Crippen LogP) is -2.15. The molecule has 0 saturated carbocycles. The summed E-state index contributed by atoms with van der Waals surface area (Å²) in [4.78, 5) is 37.3. The molecule has 7 nitrogen and oxygen atoms in total. The van der Waals surface area contributed by atoms with Crippen molar-refractivity contribution in [3.63, 3.8) is 0 Å². The van der Waals surface area contributed by atoms with E-state index in [0.29, 0.717) is 0 Å². The topological polar surface area (TPSA) is 136 Å². The Kier molecular flexibility index (Phi) is 17.0. The summed E-state index contributed by atoms with van der Waals surface area (Å²) in [6, 6.07) is 0. The fourth-order valence-electron chi connectivity index (χ4n) is 0.122. The van der Waals surface area contributed by atoms with Gasteiger partial charge in [-0.3, -0.25) is 0 Å². The van der Waals surface area contributed by atoms with Crippen LogP contribution in [0.3, 0.4) is 0 Å². The van der Waals surface area contributed by atoms with Crippen LogP contribution >= 0.6 is 15.6 Å². The zero-order valence-corrected chi connectivity index (χ0v) is 12.4. The number of rotatable bonds is 2. The molecule has 15 heavy (non-hydrogen) atoms. The van der Waals surface area contributed by atoms with Crippen molar-refractivity contribution in [2.24, 2.45) is 0 Å². The maximum Gasteiger partial charge on any atom is 0.0655 e. The fourth-order valence-corrected chi connectivity index (χ4v) is 1.10. The van der Waals surface area contributed by atoms with Gasteiger partial charge in [0.1, 0.15) is 0 Å². The average molecular weight is 286 g/mol. The second-order valence-corrected chi connectivity index (χ2v) is 5.87. The Morgan fingerprint density at radius 2 is 1.07 bits per heavy atom. The Morgan fingerprint density at radius 1 is 0.933 bits per heavy atom. The first-order valence-electron chi connectivity index (χ1n) is 3.69. The Labute approximate surface area is 106 Å². The van der Waals surface area contributed by atoms with E-state index in [4.69, 9.17) is 0 Å². The average Bonchev–Trinajstić information content (AvgIpc) is 1.80. The van der Waals surface area contributed by atoms with E-state index < -0.39 is 15.6 Å². The van der Waals surface area contributed by atoms with Crippen LogP contribution in [-0.4, -0.2) is 32.6 Å². The van der Waals surface area contributed by atoms with Crippen LogP contribution in [-0.2, 0) is 13.4 Å². The van der Waals surface area contributed by atoms with Crippen molar-refractivity contribution in [1.82, 2.24) is 0 Å². The third-order valence-electron chi connectivity index (χ3n) is 0.200. The van der Waals surface area contributed by atoms with Crippen molar-refractivity contribution in [2.75, 3.05) is 0 Å². The van der Waals surface area contributed by atoms with Gasteiger partial charge in [-0.2, -0.15) is 0 Å². The molecule has 11 heteroatoms. The normalized spacial score (nSPS) is 10.8. The van der Waals surface area contributed by atoms with Crippen LogP contribution < -0.4 is 19.6 Å². The predicted molar refractivity (Wildman–Crippen MR) is 48.8 cm³/mol. The number of hydrogen-bond acceptors (Lipinski definition) is 7. The molecular formula is C4H10Al2O7P2. The van der Waals surface area contributed by atoms with Crippen molar-refractivity contribution in [3.05, 3.63) is 0 Å². The molecule has 0 bridgehead atoms. The van der Waals surface area contributed by atoms with E-state index in [9.17, 15) is 28.7 Å². The molecule has 0 saturated heterocycles. The molecule has 0 aromatic rings. The standard InChI is InChI=1S/2C2H5.2Al.H4O7P2/c2*1-2;;;1-8(2,3)7-9(4,5)6/h2*1H2,2H3;;;(H2,1,2,3)(H2,4,5,6)/q;;2*+2;/p-4. The first-order valence-corrected chi connectivity index (χ1v) is 8.25. The molecule has 0 amide bonds. The minimum atomic E-state index is -5.68. The van der Waals surface area contributed by atoms with Gasteiger partial charge in [0.25, 0.3) is 0 Å². The van der Waals surface area contributed by atoms with Gasteiger partial charge in [-0.25, -0.2) is 0 Å². The van der Waals surface area contributed by atoms with E-state index in [-0.39, 0.29) is 0 Å². The zero-order valence-electron chi connectivity index (χ0n) is 8.32. The van der Waals surface area contributed by atoms with Crippen molar-refractivity contribution in [2.45, 2.75) is 24.4 Å². The van der Waals surface area contributed by atoms with Crippen LogP contribution in [0.1, 0.15) is 13.8 Å². The first kappa shape index (κ1) is 21.6. The van der Waals surface area contributed by atoms with Crippen LogP contribution in [0.25, 0.3) is 0 Å². The van der Waals surface area contributed by atoms with Crippen molar-refractivity contribution in [3.8, 4) is 0 Å². The van der Waals surface area contributed by atoms with E-state index in [1.165, 1.54) is 10.6 Å². The van der Waals surface area contributed by atoms with Gasteiger partial charge < -0.3 is 33.0 Å². The quantitative estimate of drug-likeness (QED) is 0.416. The molecule has 0 aliphatic carbocycles. The summed E-state index contributed by atoms with van der Waals surface area (Å²) in [5, 5.41) is 2.33. The molecule has 0 spiro atoms. The molecule has 0 aliphatic heterocycles. The van der Waals surface area contributed by atoms with Crippen LogP contribution in [0.2, 0.25) is 10.6 Å². The fraction of sp³-hybridized carbons (Fsp3) is 1.00. The molecule has 0 N–H and O–H groups in total. The molecular weight excluding hydrogens is 276 g/mol. The largest absolute Gasteiger partial charge is 0.790 e. The number of hydrogen-bond donors (Lipinski definition) is 0. The maximum absolute atomic E-state index is 9.32. The van der Waals surface area contributed by atoms with E-state index >= 15 is 0 Å². The second kappa shape index (κ2) is 11.8. The summed E-state index contributed by atoms with van der Waals surface area (Å²) in [6.45, 7) is 4.18. The van der Waals surface area contributed by atoms with Gasteiger partial charge in [0.05, 0.1) is 15.6 Å². The molecule has 0 fully saturated rings. The summed E-state index contributed by atoms with van der Waals surface area (Å²) in [6.07, 6.45) is 0. The van der Waals surface area contributed by atoms with Gasteiger partial charge in [-0.1, -0.05) is 0 Å². The van der Waals surface area contributed by atoms with Crippen LogP contribution in [0, 0.1) is 0 Å². The van der Waals surface area contributed by atoms with Crippen LogP contribution in [0.5, 0.6) is 0 Å². The van der Waals surface area contributed by atoms with Crippen molar-refractivity contribution in [1.29, 1.82) is 0 Å². The van der Waals surface area contributed by atoms with E-state index in [1.54, 1.807) is 0 Å². The molecule has 0 aromatic heterocycles. The van der Waals surface area contributed by atoms with Crippen LogP contribution in [0.4, 0.5) is 0 Å². The second-order valence-electron chi connectivity index (χ2n) is 1.79. The Bertz CT molecular complexity index is 189. The van der Waals surface area contributed by atoms with Crippen molar-refractivity contribution >= 4 is 48.2 Å². The van der Waals surface area contributed by atoms with E-state index in [0.717, 1.165) is 0 Å². The molecule has 0 atom stereocenters. The Hall–Kier alpha value is 1.32. The minimum absolute atomic E-state index is 1.17. The smallest absolute Gasteiger partial charge is 0.0655 e. The zero-order chi connectivity index (χ0) is 13.1. The summed E-state index contributed by atoms with van der Waals surface area (Å²) < 4.78 is 21.2. The first-order chi connectivity index (χ1) is 6.54. The van der Waals surface area contributed by atoms with Gasteiger partial charge in [0.15, 0.2) is 0 Å².